The van der Waals surface area contributed by atoms with E-state index >= 15 is 0 Å². The van der Waals surface area contributed by atoms with Gasteiger partial charge >= 0.3 is 0 Å². The summed E-state index contributed by atoms with van der Waals surface area (Å²) in [5.41, 5.74) is 2.93. The molecule has 1 heterocycles. The van der Waals surface area contributed by atoms with Crippen molar-refractivity contribution >= 4 is 0 Å². The lowest BCUT2D eigenvalue weighted by molar-refractivity contribution is 0.155. The number of aromatic nitrogens is 1. The van der Waals surface area contributed by atoms with Crippen molar-refractivity contribution in [3.63, 3.8) is 0 Å². The Balaban J connectivity index is 1.65. The van der Waals surface area contributed by atoms with Gasteiger partial charge in [-0.25, -0.2) is 0 Å². The van der Waals surface area contributed by atoms with E-state index in [4.69, 9.17) is 14.0 Å². The van der Waals surface area contributed by atoms with Gasteiger partial charge in [0.15, 0.2) is 5.76 Å². The summed E-state index contributed by atoms with van der Waals surface area (Å²) in [6, 6.07) is 7.68. The maximum absolute atomic E-state index is 9.94. The lowest BCUT2D eigenvalue weighted by Gasteiger charge is -2.21. The van der Waals surface area contributed by atoms with E-state index in [2.05, 4.69) is 5.16 Å². The molecule has 1 atom stereocenters. The fourth-order valence-electron chi connectivity index (χ4n) is 2.65. The molecule has 0 bridgehead atoms. The quantitative estimate of drug-likeness (QED) is 0.917. The normalized spacial score (nSPS) is 17.5. The largest absolute Gasteiger partial charge is 0.487 e. The van der Waals surface area contributed by atoms with Gasteiger partial charge in [-0.1, -0.05) is 11.2 Å². The number of benzene rings is 1. The van der Waals surface area contributed by atoms with Crippen LogP contribution in [0.1, 0.15) is 41.5 Å². The summed E-state index contributed by atoms with van der Waals surface area (Å²) in [6.45, 7) is 0.762. The Morgan fingerprint density at radius 1 is 1.33 bits per heavy atom. The SMILES string of the molecule is COCc1cc(COc2ccc3c(c2)CCCC3O)no1. The number of rotatable bonds is 5. The van der Waals surface area contributed by atoms with Gasteiger partial charge in [0.1, 0.15) is 24.7 Å². The maximum atomic E-state index is 9.94. The van der Waals surface area contributed by atoms with Gasteiger partial charge in [0, 0.05) is 13.2 Å². The summed E-state index contributed by atoms with van der Waals surface area (Å²) >= 11 is 0. The average molecular weight is 289 g/mol. The molecule has 0 saturated carbocycles. The number of fused-ring (bicyclic) bond motifs is 1. The maximum Gasteiger partial charge on any atom is 0.162 e. The van der Waals surface area contributed by atoms with E-state index in [0.29, 0.717) is 19.0 Å². The fraction of sp³-hybridized carbons (Fsp3) is 0.438. The van der Waals surface area contributed by atoms with Crippen LogP contribution in [0, 0.1) is 0 Å². The molecule has 5 nitrogen and oxygen atoms in total. The lowest BCUT2D eigenvalue weighted by atomic mass is 9.89. The van der Waals surface area contributed by atoms with Gasteiger partial charge in [-0.05, 0) is 42.5 Å². The van der Waals surface area contributed by atoms with E-state index in [1.54, 1.807) is 7.11 Å². The molecule has 1 unspecified atom stereocenters. The zero-order chi connectivity index (χ0) is 14.7. The number of methoxy groups -OCH3 is 1. The highest BCUT2D eigenvalue weighted by atomic mass is 16.5. The smallest absolute Gasteiger partial charge is 0.162 e. The van der Waals surface area contributed by atoms with Crippen LogP contribution in [-0.4, -0.2) is 17.4 Å². The van der Waals surface area contributed by atoms with Gasteiger partial charge in [-0.2, -0.15) is 0 Å². The van der Waals surface area contributed by atoms with Crippen LogP contribution in [-0.2, 0) is 24.4 Å². The molecule has 0 radical (unpaired) electrons. The molecular weight excluding hydrogens is 270 g/mol. The Kier molecular flexibility index (Phi) is 4.22. The zero-order valence-corrected chi connectivity index (χ0v) is 12.0. The van der Waals surface area contributed by atoms with Gasteiger partial charge in [0.25, 0.3) is 0 Å². The summed E-state index contributed by atoms with van der Waals surface area (Å²) in [5, 5.41) is 13.9. The number of aliphatic hydroxyl groups excluding tert-OH is 1. The van der Waals surface area contributed by atoms with Gasteiger partial charge in [-0.3, -0.25) is 0 Å². The molecule has 1 aromatic heterocycles. The minimum atomic E-state index is -0.338. The Labute approximate surface area is 123 Å². The van der Waals surface area contributed by atoms with Crippen LogP contribution < -0.4 is 4.74 Å². The number of hydrogen-bond acceptors (Lipinski definition) is 5. The van der Waals surface area contributed by atoms with Crippen LogP contribution in [0.2, 0.25) is 0 Å². The van der Waals surface area contributed by atoms with Crippen LogP contribution in [0.3, 0.4) is 0 Å². The molecule has 0 spiro atoms. The summed E-state index contributed by atoms with van der Waals surface area (Å²) in [7, 11) is 1.61. The summed E-state index contributed by atoms with van der Waals surface area (Å²) in [5.74, 6) is 1.48. The van der Waals surface area contributed by atoms with Crippen molar-refractivity contribution in [3.8, 4) is 5.75 Å². The number of hydrogen-bond donors (Lipinski definition) is 1. The first-order valence-electron chi connectivity index (χ1n) is 7.13. The van der Waals surface area contributed by atoms with Gasteiger partial charge in [0.05, 0.1) is 6.10 Å². The van der Waals surface area contributed by atoms with Crippen LogP contribution >= 0.6 is 0 Å². The topological polar surface area (TPSA) is 64.7 Å². The Bertz CT molecular complexity index is 608. The second-order valence-corrected chi connectivity index (χ2v) is 5.27. The standard InChI is InChI=1S/C16H19NO4/c1-19-10-14-8-12(17-21-14)9-20-13-5-6-15-11(7-13)3-2-4-16(15)18/h5-8,16,18H,2-4,9-10H2,1H3. The highest BCUT2D eigenvalue weighted by Crippen LogP contribution is 2.32. The van der Waals surface area contributed by atoms with Crippen molar-refractivity contribution in [2.24, 2.45) is 0 Å². The number of ether oxygens (including phenoxy) is 2. The number of nitrogens with zero attached hydrogens (tertiary/aromatic N) is 1. The molecule has 1 aromatic carbocycles. The highest BCUT2D eigenvalue weighted by molar-refractivity contribution is 5.38. The van der Waals surface area contributed by atoms with Crippen molar-refractivity contribution in [2.75, 3.05) is 7.11 Å². The van der Waals surface area contributed by atoms with E-state index in [1.807, 2.05) is 24.3 Å². The second-order valence-electron chi connectivity index (χ2n) is 5.27. The molecule has 0 aliphatic heterocycles. The third kappa shape index (κ3) is 3.25. The molecule has 2 aromatic rings. The fourth-order valence-corrected chi connectivity index (χ4v) is 2.65. The first kappa shape index (κ1) is 14.1. The Morgan fingerprint density at radius 2 is 2.24 bits per heavy atom. The molecule has 1 aliphatic carbocycles. The Morgan fingerprint density at radius 3 is 3.10 bits per heavy atom. The van der Waals surface area contributed by atoms with Gasteiger partial charge in [0.2, 0.25) is 0 Å². The second kappa shape index (κ2) is 6.28. The monoisotopic (exact) mass is 289 g/mol. The highest BCUT2D eigenvalue weighted by Gasteiger charge is 2.18. The third-order valence-corrected chi connectivity index (χ3v) is 3.68. The van der Waals surface area contributed by atoms with Crippen molar-refractivity contribution in [1.29, 1.82) is 0 Å². The van der Waals surface area contributed by atoms with Gasteiger partial charge < -0.3 is 19.1 Å². The zero-order valence-electron chi connectivity index (χ0n) is 12.0. The summed E-state index contributed by atoms with van der Waals surface area (Å²) in [4.78, 5) is 0. The van der Waals surface area contributed by atoms with E-state index in [-0.39, 0.29) is 6.10 Å². The molecule has 1 N–H and O–H groups in total. The molecule has 0 saturated heterocycles. The molecule has 21 heavy (non-hydrogen) atoms. The number of aryl methyl sites for hydroxylation is 1. The predicted molar refractivity (Wildman–Crippen MR) is 75.9 cm³/mol. The van der Waals surface area contributed by atoms with Crippen molar-refractivity contribution in [3.05, 3.63) is 46.8 Å². The molecule has 112 valence electrons. The van der Waals surface area contributed by atoms with Crippen molar-refractivity contribution < 1.29 is 19.1 Å². The minimum absolute atomic E-state index is 0.338. The van der Waals surface area contributed by atoms with E-state index < -0.39 is 0 Å². The van der Waals surface area contributed by atoms with E-state index in [9.17, 15) is 5.11 Å². The third-order valence-electron chi connectivity index (χ3n) is 3.68. The number of aliphatic hydroxyl groups is 1. The molecule has 0 fully saturated rings. The van der Waals surface area contributed by atoms with Crippen molar-refractivity contribution in [1.82, 2.24) is 5.16 Å². The van der Waals surface area contributed by atoms with Crippen LogP contribution in [0.25, 0.3) is 0 Å². The van der Waals surface area contributed by atoms with Crippen molar-refractivity contribution in [2.45, 2.75) is 38.6 Å². The van der Waals surface area contributed by atoms with E-state index in [0.717, 1.165) is 36.3 Å². The molecular formula is C16H19NO4. The predicted octanol–water partition coefficient (Wildman–Crippen LogP) is 2.77. The van der Waals surface area contributed by atoms with Crippen LogP contribution in [0.4, 0.5) is 0 Å². The summed E-state index contributed by atoms with van der Waals surface area (Å²) < 4.78 is 15.8. The van der Waals surface area contributed by atoms with Crippen LogP contribution in [0.5, 0.6) is 5.75 Å². The van der Waals surface area contributed by atoms with E-state index in [1.165, 1.54) is 5.56 Å². The molecule has 3 rings (SSSR count). The summed E-state index contributed by atoms with van der Waals surface area (Å²) in [6.07, 6.45) is 2.51. The molecule has 1 aliphatic rings. The molecule has 0 amide bonds. The first-order valence-corrected chi connectivity index (χ1v) is 7.13. The van der Waals surface area contributed by atoms with Gasteiger partial charge in [-0.15, -0.1) is 0 Å². The average Bonchev–Trinajstić information content (AvgIpc) is 2.93. The Hall–Kier alpha value is -1.85. The minimum Gasteiger partial charge on any atom is -0.487 e. The first-order chi connectivity index (χ1) is 10.3. The van der Waals surface area contributed by atoms with Crippen LogP contribution in [0.15, 0.2) is 28.8 Å². The molecule has 5 heteroatoms. The lowest BCUT2D eigenvalue weighted by Crippen LogP contribution is -2.09.